The van der Waals surface area contributed by atoms with Crippen LogP contribution in [0.1, 0.15) is 5.56 Å². The lowest BCUT2D eigenvalue weighted by Gasteiger charge is -2.00. The summed E-state index contributed by atoms with van der Waals surface area (Å²) in [5, 5.41) is 4.47. The summed E-state index contributed by atoms with van der Waals surface area (Å²) in [5.74, 6) is 0.695. The number of nitrogen functional groups attached to an aromatic ring is 1. The molecular weight excluding hydrogens is 236 g/mol. The molecule has 4 heteroatoms. The van der Waals surface area contributed by atoms with Crippen molar-refractivity contribution < 1.29 is 0 Å². The molecule has 19 heavy (non-hydrogen) atoms. The van der Waals surface area contributed by atoms with Crippen LogP contribution in [0.3, 0.4) is 0 Å². The molecule has 3 rings (SSSR count). The Kier molecular flexibility index (Phi) is 2.76. The smallest absolute Gasteiger partial charge is 0.181 e. The monoisotopic (exact) mass is 250 g/mol. The zero-order valence-electron chi connectivity index (χ0n) is 10.6. The number of aromatic nitrogens is 3. The first kappa shape index (κ1) is 11.5. The van der Waals surface area contributed by atoms with Gasteiger partial charge in [-0.3, -0.25) is 0 Å². The van der Waals surface area contributed by atoms with Crippen molar-refractivity contribution in [1.82, 2.24) is 14.8 Å². The number of nitrogens with two attached hydrogens (primary N) is 1. The molecule has 94 valence electrons. The van der Waals surface area contributed by atoms with Gasteiger partial charge < -0.3 is 5.73 Å². The third kappa shape index (κ3) is 2.33. The minimum atomic E-state index is 0.695. The summed E-state index contributed by atoms with van der Waals surface area (Å²) in [6.45, 7) is 2.06. The minimum Gasteiger partial charge on any atom is -0.399 e. The molecule has 0 aliphatic heterocycles. The lowest BCUT2D eigenvalue weighted by Crippen LogP contribution is -1.94. The number of hydrogen-bond donors (Lipinski definition) is 1. The minimum absolute atomic E-state index is 0.695. The van der Waals surface area contributed by atoms with Crippen molar-refractivity contribution in [2.24, 2.45) is 0 Å². The zero-order valence-corrected chi connectivity index (χ0v) is 10.6. The summed E-state index contributed by atoms with van der Waals surface area (Å²) in [7, 11) is 0. The molecule has 0 unspecified atom stereocenters. The summed E-state index contributed by atoms with van der Waals surface area (Å²) in [6.07, 6.45) is 1.72. The Morgan fingerprint density at radius 1 is 0.947 bits per heavy atom. The van der Waals surface area contributed by atoms with Crippen molar-refractivity contribution in [1.29, 1.82) is 0 Å². The van der Waals surface area contributed by atoms with Gasteiger partial charge in [0.2, 0.25) is 0 Å². The van der Waals surface area contributed by atoms with Gasteiger partial charge in [0.1, 0.15) is 6.33 Å². The van der Waals surface area contributed by atoms with Crippen LogP contribution in [0.5, 0.6) is 0 Å². The van der Waals surface area contributed by atoms with Crippen LogP contribution < -0.4 is 5.73 Å². The van der Waals surface area contributed by atoms with Gasteiger partial charge in [0.15, 0.2) is 5.82 Å². The highest BCUT2D eigenvalue weighted by atomic mass is 15.3. The molecule has 3 aromatic rings. The quantitative estimate of drug-likeness (QED) is 0.711. The Balaban J connectivity index is 1.95. The van der Waals surface area contributed by atoms with Gasteiger partial charge >= 0.3 is 0 Å². The van der Waals surface area contributed by atoms with E-state index in [0.29, 0.717) is 5.82 Å². The number of aryl methyl sites for hydroxylation is 1. The van der Waals surface area contributed by atoms with Crippen LogP contribution in [0, 0.1) is 6.92 Å². The molecule has 1 heterocycles. The van der Waals surface area contributed by atoms with Crippen molar-refractivity contribution in [2.45, 2.75) is 6.92 Å². The zero-order chi connectivity index (χ0) is 13.2. The lowest BCUT2D eigenvalue weighted by molar-refractivity contribution is 0.881. The summed E-state index contributed by atoms with van der Waals surface area (Å²) < 4.78 is 1.77. The number of hydrogen-bond acceptors (Lipinski definition) is 3. The molecule has 0 amide bonds. The first-order valence-corrected chi connectivity index (χ1v) is 6.07. The average Bonchev–Trinajstić information content (AvgIpc) is 2.90. The van der Waals surface area contributed by atoms with Crippen LogP contribution in [-0.2, 0) is 0 Å². The van der Waals surface area contributed by atoms with E-state index in [1.165, 1.54) is 5.56 Å². The van der Waals surface area contributed by atoms with Crippen LogP contribution >= 0.6 is 0 Å². The molecule has 4 nitrogen and oxygen atoms in total. The standard InChI is InChI=1S/C15H14N4/c1-11-2-8-14(9-3-11)19-10-17-15(18-19)12-4-6-13(16)7-5-12/h2-10H,16H2,1H3. The van der Waals surface area contributed by atoms with Gasteiger partial charge in [-0.1, -0.05) is 17.7 Å². The molecule has 2 N–H and O–H groups in total. The molecule has 0 atom stereocenters. The van der Waals surface area contributed by atoms with E-state index in [0.717, 1.165) is 16.9 Å². The Morgan fingerprint density at radius 3 is 2.32 bits per heavy atom. The molecule has 1 aromatic heterocycles. The van der Waals surface area contributed by atoms with Crippen molar-refractivity contribution in [3.05, 3.63) is 60.4 Å². The highest BCUT2D eigenvalue weighted by Gasteiger charge is 2.05. The molecule has 0 fully saturated rings. The van der Waals surface area contributed by atoms with Crippen LogP contribution in [0.15, 0.2) is 54.9 Å². The maximum absolute atomic E-state index is 5.67. The molecular formula is C15H14N4. The van der Waals surface area contributed by atoms with E-state index in [1.807, 2.05) is 36.4 Å². The molecule has 0 aliphatic carbocycles. The summed E-state index contributed by atoms with van der Waals surface area (Å²) >= 11 is 0. The van der Waals surface area contributed by atoms with E-state index in [4.69, 9.17) is 5.73 Å². The molecule has 0 saturated carbocycles. The second kappa shape index (κ2) is 4.57. The van der Waals surface area contributed by atoms with E-state index >= 15 is 0 Å². The van der Waals surface area contributed by atoms with Crippen LogP contribution in [-0.4, -0.2) is 14.8 Å². The van der Waals surface area contributed by atoms with E-state index in [9.17, 15) is 0 Å². The lowest BCUT2D eigenvalue weighted by atomic mass is 10.2. The average molecular weight is 250 g/mol. The maximum atomic E-state index is 5.67. The highest BCUT2D eigenvalue weighted by molar-refractivity contribution is 5.58. The van der Waals surface area contributed by atoms with Gasteiger partial charge in [-0.25, -0.2) is 9.67 Å². The van der Waals surface area contributed by atoms with Gasteiger partial charge in [0.05, 0.1) is 5.69 Å². The van der Waals surface area contributed by atoms with Crippen molar-refractivity contribution in [3.63, 3.8) is 0 Å². The topological polar surface area (TPSA) is 56.7 Å². The third-order valence-corrected chi connectivity index (χ3v) is 2.96. The predicted octanol–water partition coefficient (Wildman–Crippen LogP) is 2.82. The van der Waals surface area contributed by atoms with Gasteiger partial charge in [-0.05, 0) is 43.3 Å². The van der Waals surface area contributed by atoms with Gasteiger partial charge in [-0.15, -0.1) is 5.10 Å². The van der Waals surface area contributed by atoms with Crippen LogP contribution in [0.2, 0.25) is 0 Å². The normalized spacial score (nSPS) is 10.6. The van der Waals surface area contributed by atoms with Crippen LogP contribution in [0.25, 0.3) is 17.1 Å². The van der Waals surface area contributed by atoms with Crippen molar-refractivity contribution in [3.8, 4) is 17.1 Å². The molecule has 0 radical (unpaired) electrons. The summed E-state index contributed by atoms with van der Waals surface area (Å²) in [5.41, 5.74) is 9.59. The molecule has 0 saturated heterocycles. The van der Waals surface area contributed by atoms with Gasteiger partial charge in [0, 0.05) is 11.3 Å². The summed E-state index contributed by atoms with van der Waals surface area (Å²) in [6, 6.07) is 15.7. The van der Waals surface area contributed by atoms with Crippen LogP contribution in [0.4, 0.5) is 5.69 Å². The fourth-order valence-electron chi connectivity index (χ4n) is 1.85. The molecule has 0 spiro atoms. The predicted molar refractivity (Wildman–Crippen MR) is 75.9 cm³/mol. The van der Waals surface area contributed by atoms with Crippen molar-refractivity contribution >= 4 is 5.69 Å². The van der Waals surface area contributed by atoms with E-state index in [-0.39, 0.29) is 0 Å². The number of nitrogens with zero attached hydrogens (tertiary/aromatic N) is 3. The van der Waals surface area contributed by atoms with Gasteiger partial charge in [-0.2, -0.15) is 0 Å². The van der Waals surface area contributed by atoms with E-state index in [1.54, 1.807) is 11.0 Å². The number of rotatable bonds is 2. The fourth-order valence-corrected chi connectivity index (χ4v) is 1.85. The Hall–Kier alpha value is -2.62. The first-order chi connectivity index (χ1) is 9.22. The van der Waals surface area contributed by atoms with E-state index < -0.39 is 0 Å². The van der Waals surface area contributed by atoms with Gasteiger partial charge in [0.25, 0.3) is 0 Å². The van der Waals surface area contributed by atoms with E-state index in [2.05, 4.69) is 29.1 Å². The Bertz CT molecular complexity index is 621. The number of anilines is 1. The SMILES string of the molecule is Cc1ccc(-n2cnc(-c3ccc(N)cc3)n2)cc1. The largest absolute Gasteiger partial charge is 0.399 e. The van der Waals surface area contributed by atoms with Crippen molar-refractivity contribution in [2.75, 3.05) is 5.73 Å². The molecule has 2 aromatic carbocycles. The summed E-state index contributed by atoms with van der Waals surface area (Å²) in [4.78, 5) is 4.33. The highest BCUT2D eigenvalue weighted by Crippen LogP contribution is 2.17. The fraction of sp³-hybridized carbons (Fsp3) is 0.0667. The third-order valence-electron chi connectivity index (χ3n) is 2.96. The second-order valence-electron chi connectivity index (χ2n) is 4.47. The maximum Gasteiger partial charge on any atom is 0.181 e. The first-order valence-electron chi connectivity index (χ1n) is 6.07. The Labute approximate surface area is 111 Å². The molecule has 0 bridgehead atoms. The molecule has 0 aliphatic rings. The number of benzene rings is 2. The Morgan fingerprint density at radius 2 is 1.63 bits per heavy atom. The second-order valence-corrected chi connectivity index (χ2v) is 4.47.